The van der Waals surface area contributed by atoms with Gasteiger partial charge in [-0.3, -0.25) is 0 Å². The van der Waals surface area contributed by atoms with Crippen LogP contribution in [0.15, 0.2) is 72.6 Å². The van der Waals surface area contributed by atoms with E-state index < -0.39 is 11.8 Å². The smallest absolute Gasteiger partial charge is 0.375 e. The first-order chi connectivity index (χ1) is 11.5. The molecule has 0 saturated carbocycles. The van der Waals surface area contributed by atoms with Crippen LogP contribution in [0.5, 0.6) is 0 Å². The highest BCUT2D eigenvalue weighted by atomic mass is 19.1. The standard InChI is InChI=1S/C18H17F2NO3/c1-13(19)6-5-8-15-11-21(12-17(24-15)18(22)23-2)10-14-7-3-4-9-16(14)20/h3-9,12H,1,10-11H2,2H3/b6-5-,15-8+. The van der Waals surface area contributed by atoms with E-state index in [1.165, 1.54) is 31.5 Å². The van der Waals surface area contributed by atoms with Gasteiger partial charge in [0.2, 0.25) is 5.76 Å². The number of carbonyl (C=O) groups excluding carboxylic acids is 1. The van der Waals surface area contributed by atoms with Crippen molar-refractivity contribution >= 4 is 5.97 Å². The van der Waals surface area contributed by atoms with E-state index in [2.05, 4.69) is 11.3 Å². The van der Waals surface area contributed by atoms with Crippen molar-refractivity contribution in [3.63, 3.8) is 0 Å². The van der Waals surface area contributed by atoms with E-state index in [0.29, 0.717) is 11.3 Å². The third kappa shape index (κ3) is 4.81. The summed E-state index contributed by atoms with van der Waals surface area (Å²) in [6, 6.07) is 6.36. The van der Waals surface area contributed by atoms with Gasteiger partial charge in [-0.1, -0.05) is 30.9 Å². The molecule has 1 aromatic rings. The number of esters is 1. The fourth-order valence-electron chi connectivity index (χ4n) is 2.10. The number of methoxy groups -OCH3 is 1. The van der Waals surface area contributed by atoms with Crippen molar-refractivity contribution in [2.45, 2.75) is 6.54 Å². The summed E-state index contributed by atoms with van der Waals surface area (Å²) in [7, 11) is 1.23. The molecule has 1 aliphatic heterocycles. The highest BCUT2D eigenvalue weighted by Gasteiger charge is 2.22. The van der Waals surface area contributed by atoms with E-state index in [1.807, 2.05) is 0 Å². The van der Waals surface area contributed by atoms with Crippen molar-refractivity contribution in [3.05, 3.63) is 84.0 Å². The van der Waals surface area contributed by atoms with Gasteiger partial charge in [-0.2, -0.15) is 0 Å². The topological polar surface area (TPSA) is 38.8 Å². The molecule has 2 rings (SSSR count). The minimum Gasteiger partial charge on any atom is -0.463 e. The van der Waals surface area contributed by atoms with E-state index in [-0.39, 0.29) is 24.7 Å². The Kier molecular flexibility index (Phi) is 5.89. The van der Waals surface area contributed by atoms with Crippen LogP contribution in [0.1, 0.15) is 5.56 Å². The van der Waals surface area contributed by atoms with Crippen LogP contribution in [0.4, 0.5) is 8.78 Å². The Labute approximate surface area is 139 Å². The number of ether oxygens (including phenoxy) is 2. The molecule has 0 aliphatic carbocycles. The van der Waals surface area contributed by atoms with Gasteiger partial charge >= 0.3 is 5.97 Å². The Morgan fingerprint density at radius 2 is 2.21 bits per heavy atom. The van der Waals surface area contributed by atoms with Crippen LogP contribution in [0, 0.1) is 5.82 Å². The van der Waals surface area contributed by atoms with E-state index >= 15 is 0 Å². The fourth-order valence-corrected chi connectivity index (χ4v) is 2.10. The van der Waals surface area contributed by atoms with Gasteiger partial charge in [0.15, 0.2) is 0 Å². The number of nitrogens with zero attached hydrogens (tertiary/aromatic N) is 1. The molecule has 1 aromatic carbocycles. The molecule has 1 aliphatic rings. The molecular formula is C18H17F2NO3. The van der Waals surface area contributed by atoms with E-state index in [0.717, 1.165) is 6.08 Å². The molecule has 24 heavy (non-hydrogen) atoms. The molecule has 0 spiro atoms. The third-order valence-corrected chi connectivity index (χ3v) is 3.18. The van der Waals surface area contributed by atoms with E-state index in [9.17, 15) is 13.6 Å². The molecule has 0 unspecified atom stereocenters. The predicted molar refractivity (Wildman–Crippen MR) is 85.5 cm³/mol. The van der Waals surface area contributed by atoms with Gasteiger partial charge in [0.25, 0.3) is 0 Å². The first-order valence-electron chi connectivity index (χ1n) is 7.16. The highest BCUT2D eigenvalue weighted by molar-refractivity contribution is 5.86. The Hall–Kier alpha value is -2.89. The Morgan fingerprint density at radius 3 is 2.88 bits per heavy atom. The molecule has 0 radical (unpaired) electrons. The molecule has 0 atom stereocenters. The molecule has 0 amide bonds. The van der Waals surface area contributed by atoms with Gasteiger partial charge in [0, 0.05) is 12.1 Å². The summed E-state index contributed by atoms with van der Waals surface area (Å²) in [4.78, 5) is 13.4. The van der Waals surface area contributed by atoms with Crippen LogP contribution in [0.2, 0.25) is 0 Å². The number of hydrogen-bond acceptors (Lipinski definition) is 4. The fraction of sp³-hybridized carbons (Fsp3) is 0.167. The van der Waals surface area contributed by atoms with Crippen LogP contribution in [-0.2, 0) is 20.8 Å². The van der Waals surface area contributed by atoms with Crippen LogP contribution >= 0.6 is 0 Å². The van der Waals surface area contributed by atoms with Crippen LogP contribution in [-0.4, -0.2) is 24.5 Å². The average Bonchev–Trinajstić information content (AvgIpc) is 2.55. The maximum atomic E-state index is 13.8. The lowest BCUT2D eigenvalue weighted by molar-refractivity contribution is -0.140. The lowest BCUT2D eigenvalue weighted by Crippen LogP contribution is -2.28. The largest absolute Gasteiger partial charge is 0.463 e. The Balaban J connectivity index is 2.23. The summed E-state index contributed by atoms with van der Waals surface area (Å²) >= 11 is 0. The zero-order valence-electron chi connectivity index (χ0n) is 13.2. The number of allylic oxidation sites excluding steroid dienone is 4. The first-order valence-corrected chi connectivity index (χ1v) is 7.16. The molecular weight excluding hydrogens is 316 g/mol. The van der Waals surface area contributed by atoms with Gasteiger partial charge in [-0.25, -0.2) is 13.6 Å². The van der Waals surface area contributed by atoms with Crippen molar-refractivity contribution in [1.29, 1.82) is 0 Å². The first kappa shape index (κ1) is 17.5. The van der Waals surface area contributed by atoms with Gasteiger partial charge in [-0.15, -0.1) is 0 Å². The Morgan fingerprint density at radius 1 is 1.46 bits per heavy atom. The van der Waals surface area contributed by atoms with Gasteiger partial charge in [0.1, 0.15) is 17.4 Å². The van der Waals surface area contributed by atoms with E-state index in [1.54, 1.807) is 23.1 Å². The average molecular weight is 333 g/mol. The van der Waals surface area contributed by atoms with Crippen molar-refractivity contribution in [3.8, 4) is 0 Å². The van der Waals surface area contributed by atoms with Crippen molar-refractivity contribution in [2.75, 3.05) is 13.7 Å². The minimum atomic E-state index is -0.655. The lowest BCUT2D eigenvalue weighted by Gasteiger charge is -2.27. The molecule has 4 nitrogen and oxygen atoms in total. The van der Waals surface area contributed by atoms with Crippen LogP contribution in [0.3, 0.4) is 0 Å². The molecule has 0 fully saturated rings. The number of hydrogen-bond donors (Lipinski definition) is 0. The van der Waals surface area contributed by atoms with Crippen molar-refractivity contribution < 1.29 is 23.0 Å². The number of benzene rings is 1. The summed E-state index contributed by atoms with van der Waals surface area (Å²) in [5.74, 6) is -1.23. The maximum Gasteiger partial charge on any atom is 0.375 e. The molecule has 6 heteroatoms. The number of carbonyl (C=O) groups is 1. The summed E-state index contributed by atoms with van der Waals surface area (Å²) < 4.78 is 36.5. The molecule has 1 heterocycles. The van der Waals surface area contributed by atoms with Gasteiger partial charge in [0.05, 0.1) is 19.9 Å². The third-order valence-electron chi connectivity index (χ3n) is 3.18. The van der Waals surface area contributed by atoms with Gasteiger partial charge < -0.3 is 14.4 Å². The highest BCUT2D eigenvalue weighted by Crippen LogP contribution is 2.21. The second-order valence-electron chi connectivity index (χ2n) is 5.02. The van der Waals surface area contributed by atoms with Crippen LogP contribution < -0.4 is 0 Å². The SMILES string of the molecule is C=C(F)/C=C\C=C1/CN(Cc2ccccc2F)C=C(C(=O)OC)O1. The molecule has 0 bridgehead atoms. The summed E-state index contributed by atoms with van der Waals surface area (Å²) in [5, 5.41) is 0. The molecule has 0 saturated heterocycles. The van der Waals surface area contributed by atoms with E-state index in [4.69, 9.17) is 4.74 Å². The van der Waals surface area contributed by atoms with Crippen LogP contribution in [0.25, 0.3) is 0 Å². The zero-order valence-corrected chi connectivity index (χ0v) is 13.2. The second kappa shape index (κ2) is 8.10. The summed E-state index contributed by atoms with van der Waals surface area (Å²) in [6.07, 6.45) is 5.55. The quantitative estimate of drug-likeness (QED) is 0.610. The zero-order chi connectivity index (χ0) is 17.5. The van der Waals surface area contributed by atoms with Gasteiger partial charge in [-0.05, 0) is 18.2 Å². The second-order valence-corrected chi connectivity index (χ2v) is 5.02. The van der Waals surface area contributed by atoms with Crippen molar-refractivity contribution in [2.24, 2.45) is 0 Å². The normalized spacial score (nSPS) is 16.0. The molecule has 0 aromatic heterocycles. The number of halogens is 2. The summed E-state index contributed by atoms with van der Waals surface area (Å²) in [6.45, 7) is 3.65. The number of rotatable bonds is 5. The lowest BCUT2D eigenvalue weighted by atomic mass is 10.2. The summed E-state index contributed by atoms with van der Waals surface area (Å²) in [5.41, 5.74) is 0.479. The molecule has 0 N–H and O–H groups in total. The minimum absolute atomic E-state index is 0.0289. The predicted octanol–water partition coefficient (Wildman–Crippen LogP) is 3.60. The molecule has 126 valence electrons. The van der Waals surface area contributed by atoms with Crippen molar-refractivity contribution in [1.82, 2.24) is 4.90 Å². The Bertz CT molecular complexity index is 723. The maximum absolute atomic E-state index is 13.8. The monoisotopic (exact) mass is 333 g/mol.